The lowest BCUT2D eigenvalue weighted by molar-refractivity contribution is -0.124. The zero-order valence-electron chi connectivity index (χ0n) is 8.44. The largest absolute Gasteiger partial charge is 0.397 e. The Morgan fingerprint density at radius 1 is 1.60 bits per heavy atom. The maximum Gasteiger partial charge on any atom is 0.234 e. The Morgan fingerprint density at radius 3 is 3.20 bits per heavy atom. The highest BCUT2D eigenvalue weighted by Crippen LogP contribution is 2.12. The van der Waals surface area contributed by atoms with Crippen molar-refractivity contribution in [3.05, 3.63) is 24.0 Å². The number of nitrogens with one attached hydrogen (secondary N) is 1. The molecule has 1 aliphatic heterocycles. The number of aromatic nitrogens is 1. The van der Waals surface area contributed by atoms with Crippen molar-refractivity contribution >= 4 is 11.6 Å². The molecule has 1 amide bonds. The van der Waals surface area contributed by atoms with Gasteiger partial charge in [0.25, 0.3) is 0 Å². The lowest BCUT2D eigenvalue weighted by Crippen LogP contribution is -2.47. The van der Waals surface area contributed by atoms with Gasteiger partial charge in [0.05, 0.1) is 18.4 Å². The molecule has 2 rings (SSSR count). The third-order valence-corrected chi connectivity index (χ3v) is 2.46. The second-order valence-corrected chi connectivity index (χ2v) is 3.64. The molecular formula is C10H14N4O. The van der Waals surface area contributed by atoms with Gasteiger partial charge in [-0.3, -0.25) is 14.7 Å². The van der Waals surface area contributed by atoms with Gasteiger partial charge in [-0.05, 0) is 11.6 Å². The molecule has 0 radical (unpaired) electrons. The number of nitrogen functional groups attached to an aromatic ring is 1. The summed E-state index contributed by atoms with van der Waals surface area (Å²) in [7, 11) is 0. The highest BCUT2D eigenvalue weighted by atomic mass is 16.2. The fourth-order valence-corrected chi connectivity index (χ4v) is 1.65. The Hall–Kier alpha value is -1.62. The first-order chi connectivity index (χ1) is 7.25. The topological polar surface area (TPSA) is 71.2 Å². The van der Waals surface area contributed by atoms with Gasteiger partial charge >= 0.3 is 0 Å². The summed E-state index contributed by atoms with van der Waals surface area (Å²) in [5.74, 6) is 0.0777. The first-order valence-corrected chi connectivity index (χ1v) is 4.93. The SMILES string of the molecule is Nc1cnccc1CN1CCNC(=O)C1. The van der Waals surface area contributed by atoms with Gasteiger partial charge in [-0.1, -0.05) is 0 Å². The van der Waals surface area contributed by atoms with E-state index in [9.17, 15) is 4.79 Å². The number of amides is 1. The van der Waals surface area contributed by atoms with Crippen LogP contribution >= 0.6 is 0 Å². The van der Waals surface area contributed by atoms with Crippen molar-refractivity contribution in [1.82, 2.24) is 15.2 Å². The van der Waals surface area contributed by atoms with Gasteiger partial charge in [0.15, 0.2) is 0 Å². The zero-order chi connectivity index (χ0) is 10.7. The molecule has 0 aromatic carbocycles. The van der Waals surface area contributed by atoms with E-state index in [1.54, 1.807) is 12.4 Å². The van der Waals surface area contributed by atoms with Gasteiger partial charge in [0, 0.05) is 25.8 Å². The van der Waals surface area contributed by atoms with Crippen molar-refractivity contribution in [2.24, 2.45) is 0 Å². The molecule has 5 nitrogen and oxygen atoms in total. The van der Waals surface area contributed by atoms with Gasteiger partial charge in [0.2, 0.25) is 5.91 Å². The van der Waals surface area contributed by atoms with Crippen LogP contribution in [-0.4, -0.2) is 35.4 Å². The van der Waals surface area contributed by atoms with Crippen LogP contribution in [0.25, 0.3) is 0 Å². The second-order valence-electron chi connectivity index (χ2n) is 3.64. The predicted octanol–water partition coefficient (Wildman–Crippen LogP) is -0.404. The molecule has 0 spiro atoms. The van der Waals surface area contributed by atoms with Crippen LogP contribution in [0.4, 0.5) is 5.69 Å². The third-order valence-electron chi connectivity index (χ3n) is 2.46. The Morgan fingerprint density at radius 2 is 2.47 bits per heavy atom. The summed E-state index contributed by atoms with van der Waals surface area (Å²) in [6, 6.07) is 1.89. The van der Waals surface area contributed by atoms with Gasteiger partial charge in [-0.2, -0.15) is 0 Å². The van der Waals surface area contributed by atoms with Gasteiger partial charge in [0.1, 0.15) is 0 Å². The predicted molar refractivity (Wildman–Crippen MR) is 56.9 cm³/mol. The summed E-state index contributed by atoms with van der Waals surface area (Å²) >= 11 is 0. The fourth-order valence-electron chi connectivity index (χ4n) is 1.65. The van der Waals surface area contributed by atoms with E-state index in [0.29, 0.717) is 25.3 Å². The monoisotopic (exact) mass is 206 g/mol. The van der Waals surface area contributed by atoms with Crippen molar-refractivity contribution in [3.8, 4) is 0 Å². The molecule has 0 aliphatic carbocycles. The number of carbonyl (C=O) groups is 1. The van der Waals surface area contributed by atoms with E-state index >= 15 is 0 Å². The van der Waals surface area contributed by atoms with Crippen molar-refractivity contribution in [1.29, 1.82) is 0 Å². The summed E-state index contributed by atoms with van der Waals surface area (Å²) in [6.45, 7) is 2.74. The first kappa shape index (κ1) is 9.92. The molecule has 0 bridgehead atoms. The van der Waals surface area contributed by atoms with Crippen LogP contribution in [0.15, 0.2) is 18.5 Å². The summed E-state index contributed by atoms with van der Waals surface area (Å²) in [6.07, 6.45) is 3.36. The molecule has 1 aliphatic rings. The van der Waals surface area contributed by atoms with Crippen LogP contribution in [0.2, 0.25) is 0 Å². The first-order valence-electron chi connectivity index (χ1n) is 4.93. The van der Waals surface area contributed by atoms with Crippen LogP contribution in [0, 0.1) is 0 Å². The van der Waals surface area contributed by atoms with Gasteiger partial charge < -0.3 is 11.1 Å². The van der Waals surface area contributed by atoms with E-state index in [4.69, 9.17) is 5.73 Å². The average molecular weight is 206 g/mol. The average Bonchev–Trinajstić information content (AvgIpc) is 2.22. The van der Waals surface area contributed by atoms with E-state index < -0.39 is 0 Å². The molecule has 80 valence electrons. The minimum atomic E-state index is 0.0777. The van der Waals surface area contributed by atoms with Crippen LogP contribution in [0.1, 0.15) is 5.56 Å². The third kappa shape index (κ3) is 2.44. The minimum absolute atomic E-state index is 0.0777. The smallest absolute Gasteiger partial charge is 0.234 e. The molecule has 0 unspecified atom stereocenters. The number of pyridine rings is 1. The zero-order valence-corrected chi connectivity index (χ0v) is 8.44. The molecule has 1 aromatic heterocycles. The molecule has 1 saturated heterocycles. The number of carbonyl (C=O) groups excluding carboxylic acids is 1. The molecular weight excluding hydrogens is 192 g/mol. The minimum Gasteiger partial charge on any atom is -0.397 e. The van der Waals surface area contributed by atoms with Crippen LogP contribution < -0.4 is 11.1 Å². The van der Waals surface area contributed by atoms with Crippen molar-refractivity contribution in [2.75, 3.05) is 25.4 Å². The lowest BCUT2D eigenvalue weighted by atomic mass is 10.2. The summed E-state index contributed by atoms with van der Waals surface area (Å²) < 4.78 is 0. The quantitative estimate of drug-likeness (QED) is 0.690. The van der Waals surface area contributed by atoms with E-state index in [-0.39, 0.29) is 5.91 Å². The molecule has 1 aromatic rings. The van der Waals surface area contributed by atoms with Crippen LogP contribution in [0.5, 0.6) is 0 Å². The Balaban J connectivity index is 2.02. The van der Waals surface area contributed by atoms with E-state index in [1.807, 2.05) is 6.07 Å². The Labute approximate surface area is 88.3 Å². The highest BCUT2D eigenvalue weighted by Gasteiger charge is 2.16. The van der Waals surface area contributed by atoms with Crippen molar-refractivity contribution in [3.63, 3.8) is 0 Å². The van der Waals surface area contributed by atoms with E-state index in [2.05, 4.69) is 15.2 Å². The summed E-state index contributed by atoms with van der Waals surface area (Å²) in [5.41, 5.74) is 7.49. The molecule has 1 fully saturated rings. The molecule has 5 heteroatoms. The molecule has 2 heterocycles. The molecule has 3 N–H and O–H groups in total. The van der Waals surface area contributed by atoms with Crippen LogP contribution in [0.3, 0.4) is 0 Å². The molecule has 0 saturated carbocycles. The normalized spacial score (nSPS) is 17.5. The molecule has 15 heavy (non-hydrogen) atoms. The maximum atomic E-state index is 11.2. The maximum absolute atomic E-state index is 11.2. The summed E-state index contributed by atoms with van der Waals surface area (Å²) in [5, 5.41) is 2.79. The number of anilines is 1. The molecule has 0 atom stereocenters. The fraction of sp³-hybridized carbons (Fsp3) is 0.400. The van der Waals surface area contributed by atoms with E-state index in [1.165, 1.54) is 0 Å². The lowest BCUT2D eigenvalue weighted by Gasteiger charge is -2.26. The van der Waals surface area contributed by atoms with Gasteiger partial charge in [-0.15, -0.1) is 0 Å². The number of rotatable bonds is 2. The number of hydrogen-bond acceptors (Lipinski definition) is 4. The standard InChI is InChI=1S/C10H14N4O/c11-9-5-12-2-1-8(9)6-14-4-3-13-10(15)7-14/h1-2,5H,3-4,6-7,11H2,(H,13,15). The van der Waals surface area contributed by atoms with Crippen molar-refractivity contribution in [2.45, 2.75) is 6.54 Å². The second kappa shape index (κ2) is 4.27. The Bertz CT molecular complexity index is 366. The van der Waals surface area contributed by atoms with Gasteiger partial charge in [-0.25, -0.2) is 0 Å². The number of piperazine rings is 1. The van der Waals surface area contributed by atoms with Crippen LogP contribution in [-0.2, 0) is 11.3 Å². The number of nitrogens with two attached hydrogens (primary N) is 1. The summed E-state index contributed by atoms with van der Waals surface area (Å²) in [4.78, 5) is 17.2. The van der Waals surface area contributed by atoms with E-state index in [0.717, 1.165) is 12.1 Å². The number of hydrogen-bond donors (Lipinski definition) is 2. The highest BCUT2D eigenvalue weighted by molar-refractivity contribution is 5.78. The Kier molecular flexibility index (Phi) is 2.82. The van der Waals surface area contributed by atoms with Crippen molar-refractivity contribution < 1.29 is 4.79 Å². The number of nitrogens with zero attached hydrogens (tertiary/aromatic N) is 2.